The molecule has 0 saturated heterocycles. The molecule has 1 fully saturated rings. The minimum Gasteiger partial charge on any atom is -0.326 e. The molecule has 18 heavy (non-hydrogen) atoms. The van der Waals surface area contributed by atoms with Gasteiger partial charge in [-0.15, -0.1) is 12.4 Å². The van der Waals surface area contributed by atoms with Crippen molar-refractivity contribution in [3.63, 3.8) is 0 Å². The van der Waals surface area contributed by atoms with Crippen LogP contribution in [0.3, 0.4) is 0 Å². The summed E-state index contributed by atoms with van der Waals surface area (Å²) in [6.07, 6.45) is 4.46. The van der Waals surface area contributed by atoms with Crippen LogP contribution in [-0.4, -0.2) is 13.0 Å². The van der Waals surface area contributed by atoms with E-state index in [1.807, 2.05) is 31.3 Å². The zero-order valence-electron chi connectivity index (χ0n) is 10.7. The summed E-state index contributed by atoms with van der Waals surface area (Å²) in [4.78, 5) is 12.0. The van der Waals surface area contributed by atoms with Gasteiger partial charge in [-0.25, -0.2) is 0 Å². The van der Waals surface area contributed by atoms with Crippen LogP contribution in [0.1, 0.15) is 31.2 Å². The molecular weight excluding hydrogens is 248 g/mol. The average Bonchev–Trinajstić information content (AvgIpc) is 2.85. The van der Waals surface area contributed by atoms with Gasteiger partial charge >= 0.3 is 0 Å². The predicted octanol–water partition coefficient (Wildman–Crippen LogP) is 2.96. The molecule has 100 valence electrons. The monoisotopic (exact) mass is 268 g/mol. The van der Waals surface area contributed by atoms with Gasteiger partial charge in [0.15, 0.2) is 0 Å². The fraction of sp³-hybridized carbons (Fsp3) is 0.500. The van der Waals surface area contributed by atoms with Crippen LogP contribution in [0.4, 0.5) is 5.69 Å². The lowest BCUT2D eigenvalue weighted by Gasteiger charge is -2.13. The van der Waals surface area contributed by atoms with Crippen LogP contribution in [0.15, 0.2) is 24.3 Å². The first-order valence-electron chi connectivity index (χ1n) is 6.34. The first kappa shape index (κ1) is 15.0. The van der Waals surface area contributed by atoms with Crippen LogP contribution in [0, 0.1) is 5.92 Å². The van der Waals surface area contributed by atoms with Crippen molar-refractivity contribution in [2.75, 3.05) is 12.4 Å². The molecule has 0 aliphatic heterocycles. The van der Waals surface area contributed by atoms with Gasteiger partial charge < -0.3 is 10.6 Å². The Hall–Kier alpha value is -1.06. The third-order valence-corrected chi connectivity index (χ3v) is 3.37. The maximum absolute atomic E-state index is 12.0. The lowest BCUT2D eigenvalue weighted by Crippen LogP contribution is -2.21. The summed E-state index contributed by atoms with van der Waals surface area (Å²) < 4.78 is 0. The second kappa shape index (κ2) is 7.39. The summed E-state index contributed by atoms with van der Waals surface area (Å²) in [7, 11) is 1.91. The second-order valence-electron chi connectivity index (χ2n) is 4.66. The molecule has 0 heterocycles. The van der Waals surface area contributed by atoms with Gasteiger partial charge in [0.2, 0.25) is 5.91 Å². The predicted molar refractivity (Wildman–Crippen MR) is 77.0 cm³/mol. The third kappa shape index (κ3) is 3.72. The largest absolute Gasteiger partial charge is 0.326 e. The van der Waals surface area contributed by atoms with Crippen molar-refractivity contribution in [2.24, 2.45) is 5.92 Å². The summed E-state index contributed by atoms with van der Waals surface area (Å²) in [6, 6.07) is 7.97. The number of carbonyl (C=O) groups is 1. The normalized spacial score (nSPS) is 15.2. The topological polar surface area (TPSA) is 41.1 Å². The summed E-state index contributed by atoms with van der Waals surface area (Å²) in [5, 5.41) is 6.17. The van der Waals surface area contributed by atoms with Crippen molar-refractivity contribution in [1.29, 1.82) is 0 Å². The van der Waals surface area contributed by atoms with Crippen molar-refractivity contribution in [2.45, 2.75) is 32.2 Å². The molecule has 1 aliphatic rings. The molecular formula is C14H21ClN2O. The first-order valence-corrected chi connectivity index (χ1v) is 6.34. The fourth-order valence-electron chi connectivity index (χ4n) is 2.41. The molecule has 3 nitrogen and oxygen atoms in total. The number of amides is 1. The zero-order valence-corrected chi connectivity index (χ0v) is 11.6. The Morgan fingerprint density at radius 2 is 1.94 bits per heavy atom. The standard InChI is InChI=1S/C14H20N2O.ClH/c1-15-10-12-8-4-5-9-13(12)16-14(17)11-6-2-3-7-11;/h4-5,8-9,11,15H,2-3,6-7,10H2,1H3,(H,16,17);1H. The molecule has 1 aromatic rings. The van der Waals surface area contributed by atoms with Gasteiger partial charge in [0.25, 0.3) is 0 Å². The SMILES string of the molecule is CNCc1ccccc1NC(=O)C1CCCC1.Cl. The summed E-state index contributed by atoms with van der Waals surface area (Å²) >= 11 is 0. The van der Waals surface area contributed by atoms with Crippen LogP contribution in [0.5, 0.6) is 0 Å². The highest BCUT2D eigenvalue weighted by Gasteiger charge is 2.22. The molecule has 0 aromatic heterocycles. The number of hydrogen-bond donors (Lipinski definition) is 2. The minimum absolute atomic E-state index is 0. The highest BCUT2D eigenvalue weighted by molar-refractivity contribution is 5.93. The molecule has 1 amide bonds. The summed E-state index contributed by atoms with van der Waals surface area (Å²) in [5.74, 6) is 0.406. The van der Waals surface area contributed by atoms with Gasteiger partial charge in [-0.2, -0.15) is 0 Å². The van der Waals surface area contributed by atoms with E-state index in [1.165, 1.54) is 12.8 Å². The van der Waals surface area contributed by atoms with E-state index >= 15 is 0 Å². The molecule has 0 radical (unpaired) electrons. The first-order chi connectivity index (χ1) is 8.31. The van der Waals surface area contributed by atoms with E-state index in [1.54, 1.807) is 0 Å². The van der Waals surface area contributed by atoms with Gasteiger partial charge in [-0.3, -0.25) is 4.79 Å². The van der Waals surface area contributed by atoms with Crippen LogP contribution in [0.2, 0.25) is 0 Å². The quantitative estimate of drug-likeness (QED) is 0.882. The van der Waals surface area contributed by atoms with Gasteiger partial charge in [0, 0.05) is 18.2 Å². The lowest BCUT2D eigenvalue weighted by molar-refractivity contribution is -0.119. The van der Waals surface area contributed by atoms with Gasteiger partial charge in [-0.1, -0.05) is 31.0 Å². The smallest absolute Gasteiger partial charge is 0.227 e. The number of benzene rings is 1. The molecule has 1 aromatic carbocycles. The van der Waals surface area contributed by atoms with E-state index in [-0.39, 0.29) is 24.2 Å². The molecule has 0 bridgehead atoms. The number of halogens is 1. The molecule has 0 spiro atoms. The van der Waals surface area contributed by atoms with Crippen LogP contribution in [0.25, 0.3) is 0 Å². The number of rotatable bonds is 4. The van der Waals surface area contributed by atoms with Crippen LogP contribution < -0.4 is 10.6 Å². The van der Waals surface area contributed by atoms with Crippen molar-refractivity contribution >= 4 is 24.0 Å². The highest BCUT2D eigenvalue weighted by atomic mass is 35.5. The van der Waals surface area contributed by atoms with Gasteiger partial charge in [0.05, 0.1) is 0 Å². The van der Waals surface area contributed by atoms with E-state index < -0.39 is 0 Å². The molecule has 2 rings (SSSR count). The number of para-hydroxylation sites is 1. The maximum Gasteiger partial charge on any atom is 0.227 e. The molecule has 0 atom stereocenters. The molecule has 1 aliphatic carbocycles. The number of anilines is 1. The van der Waals surface area contributed by atoms with Crippen LogP contribution >= 0.6 is 12.4 Å². The Labute approximate surface area is 115 Å². The molecule has 2 N–H and O–H groups in total. The number of carbonyl (C=O) groups excluding carboxylic acids is 1. The van der Waals surface area contributed by atoms with Gasteiger partial charge in [0.1, 0.15) is 0 Å². The fourth-order valence-corrected chi connectivity index (χ4v) is 2.41. The Bertz CT molecular complexity index is 389. The zero-order chi connectivity index (χ0) is 12.1. The van der Waals surface area contributed by atoms with Crippen molar-refractivity contribution in [1.82, 2.24) is 5.32 Å². The van der Waals surface area contributed by atoms with E-state index in [0.29, 0.717) is 0 Å². The maximum atomic E-state index is 12.0. The second-order valence-corrected chi connectivity index (χ2v) is 4.66. The van der Waals surface area contributed by atoms with Crippen molar-refractivity contribution in [3.8, 4) is 0 Å². The third-order valence-electron chi connectivity index (χ3n) is 3.37. The number of hydrogen-bond acceptors (Lipinski definition) is 2. The highest BCUT2D eigenvalue weighted by Crippen LogP contribution is 2.26. The number of nitrogens with one attached hydrogen (secondary N) is 2. The average molecular weight is 269 g/mol. The Balaban J connectivity index is 0.00000162. The molecule has 0 unspecified atom stereocenters. The Kier molecular flexibility index (Phi) is 6.16. The minimum atomic E-state index is 0. The Morgan fingerprint density at radius 3 is 2.61 bits per heavy atom. The van der Waals surface area contributed by atoms with E-state index in [2.05, 4.69) is 10.6 Å². The van der Waals surface area contributed by atoms with Crippen molar-refractivity contribution in [3.05, 3.63) is 29.8 Å². The molecule has 4 heteroatoms. The molecule has 1 saturated carbocycles. The van der Waals surface area contributed by atoms with E-state index in [0.717, 1.165) is 30.6 Å². The van der Waals surface area contributed by atoms with Crippen molar-refractivity contribution < 1.29 is 4.79 Å². The lowest BCUT2D eigenvalue weighted by atomic mass is 10.1. The van der Waals surface area contributed by atoms with E-state index in [9.17, 15) is 4.79 Å². The van der Waals surface area contributed by atoms with Crippen LogP contribution in [-0.2, 0) is 11.3 Å². The Morgan fingerprint density at radius 1 is 1.28 bits per heavy atom. The van der Waals surface area contributed by atoms with E-state index in [4.69, 9.17) is 0 Å². The summed E-state index contributed by atoms with van der Waals surface area (Å²) in [6.45, 7) is 0.779. The summed E-state index contributed by atoms with van der Waals surface area (Å²) in [5.41, 5.74) is 2.08. The van der Waals surface area contributed by atoms with Gasteiger partial charge in [-0.05, 0) is 31.5 Å².